The van der Waals surface area contributed by atoms with Gasteiger partial charge in [-0.25, -0.2) is 5.01 Å². The van der Waals surface area contributed by atoms with Crippen molar-refractivity contribution in [2.45, 2.75) is 20.3 Å². The lowest BCUT2D eigenvalue weighted by Gasteiger charge is -2.14. The van der Waals surface area contributed by atoms with Gasteiger partial charge in [-0.2, -0.15) is 5.10 Å². The zero-order valence-electron chi connectivity index (χ0n) is 9.73. The maximum Gasteiger partial charge on any atom is 0.252 e. The number of carbonyl (C=O) groups excluding carboxylic acids is 2. The number of carbonyl (C=O) groups is 2. The van der Waals surface area contributed by atoms with E-state index in [0.29, 0.717) is 17.8 Å². The average molecular weight is 231 g/mol. The summed E-state index contributed by atoms with van der Waals surface area (Å²) in [6.45, 7) is 3.35. The van der Waals surface area contributed by atoms with Crippen LogP contribution in [0.4, 0.5) is 11.4 Å². The van der Waals surface area contributed by atoms with Crippen LogP contribution in [0.15, 0.2) is 23.3 Å². The maximum absolute atomic E-state index is 11.5. The fourth-order valence-corrected chi connectivity index (χ4v) is 1.72. The average Bonchev–Trinajstić information content (AvgIpc) is 2.62. The summed E-state index contributed by atoms with van der Waals surface area (Å²) >= 11 is 0. The van der Waals surface area contributed by atoms with Crippen LogP contribution in [-0.2, 0) is 9.59 Å². The number of rotatable bonds is 2. The second-order valence-corrected chi connectivity index (χ2v) is 3.95. The van der Waals surface area contributed by atoms with Crippen LogP contribution < -0.4 is 10.3 Å². The van der Waals surface area contributed by atoms with Gasteiger partial charge in [0.2, 0.25) is 5.91 Å². The molecule has 0 saturated heterocycles. The third-order valence-corrected chi connectivity index (χ3v) is 2.33. The first-order chi connectivity index (χ1) is 8.06. The number of hydrogen-bond donors (Lipinski definition) is 1. The van der Waals surface area contributed by atoms with Crippen molar-refractivity contribution in [1.82, 2.24) is 0 Å². The Hall–Kier alpha value is -2.17. The van der Waals surface area contributed by atoms with Crippen molar-refractivity contribution in [2.75, 3.05) is 10.3 Å². The van der Waals surface area contributed by atoms with Gasteiger partial charge in [0, 0.05) is 18.8 Å². The van der Waals surface area contributed by atoms with Crippen molar-refractivity contribution in [1.29, 1.82) is 0 Å². The van der Waals surface area contributed by atoms with E-state index in [1.807, 2.05) is 19.1 Å². The van der Waals surface area contributed by atoms with Crippen LogP contribution in [0.2, 0.25) is 0 Å². The monoisotopic (exact) mass is 231 g/mol. The van der Waals surface area contributed by atoms with E-state index in [4.69, 9.17) is 0 Å². The molecule has 0 aromatic heterocycles. The third kappa shape index (κ3) is 2.50. The first-order valence-corrected chi connectivity index (χ1v) is 5.31. The van der Waals surface area contributed by atoms with Crippen molar-refractivity contribution < 1.29 is 9.59 Å². The Labute approximate surface area is 99.1 Å². The molecular weight excluding hydrogens is 218 g/mol. The van der Waals surface area contributed by atoms with Gasteiger partial charge >= 0.3 is 0 Å². The highest BCUT2D eigenvalue weighted by atomic mass is 16.2. The summed E-state index contributed by atoms with van der Waals surface area (Å²) in [6, 6.07) is 5.43. The summed E-state index contributed by atoms with van der Waals surface area (Å²) in [7, 11) is 0. The second kappa shape index (κ2) is 4.37. The van der Waals surface area contributed by atoms with Crippen molar-refractivity contribution in [2.24, 2.45) is 5.10 Å². The lowest BCUT2D eigenvalue weighted by molar-refractivity contribution is -0.117. The van der Waals surface area contributed by atoms with Gasteiger partial charge in [-0.3, -0.25) is 9.59 Å². The Morgan fingerprint density at radius 1 is 1.41 bits per heavy atom. The molecule has 2 rings (SSSR count). The van der Waals surface area contributed by atoms with Crippen molar-refractivity contribution in [3.63, 3.8) is 0 Å². The quantitative estimate of drug-likeness (QED) is 0.841. The van der Waals surface area contributed by atoms with Gasteiger partial charge in [-0.05, 0) is 30.7 Å². The molecule has 1 aromatic carbocycles. The molecule has 0 bridgehead atoms. The van der Waals surface area contributed by atoms with Gasteiger partial charge in [-0.1, -0.05) is 0 Å². The maximum atomic E-state index is 11.5. The molecule has 0 fully saturated rings. The Bertz CT molecular complexity index is 508. The summed E-state index contributed by atoms with van der Waals surface area (Å²) in [4.78, 5) is 22.5. The summed E-state index contributed by atoms with van der Waals surface area (Å²) in [6.07, 6.45) is 1.89. The minimum Gasteiger partial charge on any atom is -0.326 e. The van der Waals surface area contributed by atoms with Gasteiger partial charge in [-0.15, -0.1) is 0 Å². The number of hydrazone groups is 1. The molecule has 0 atom stereocenters. The highest BCUT2D eigenvalue weighted by Gasteiger charge is 2.19. The molecule has 1 aliphatic heterocycles. The molecule has 0 spiro atoms. The summed E-state index contributed by atoms with van der Waals surface area (Å²) in [5.74, 6) is -0.206. The summed E-state index contributed by atoms with van der Waals surface area (Å²) in [5, 5.41) is 8.04. The molecule has 1 aromatic rings. The van der Waals surface area contributed by atoms with E-state index < -0.39 is 0 Å². The summed E-state index contributed by atoms with van der Waals surface area (Å²) < 4.78 is 0. The molecule has 88 valence electrons. The van der Waals surface area contributed by atoms with E-state index in [2.05, 4.69) is 10.4 Å². The standard InChI is InChI=1S/C12H13N3O2/c1-8-5-10(14-9(2)16)7-11(6-8)15-12(17)3-4-13-15/h4-7H,3H2,1-2H3,(H,14,16). The molecular formula is C12H13N3O2. The molecule has 1 heterocycles. The van der Waals surface area contributed by atoms with E-state index >= 15 is 0 Å². The molecule has 0 radical (unpaired) electrons. The molecule has 1 N–H and O–H groups in total. The number of anilines is 2. The van der Waals surface area contributed by atoms with Crippen molar-refractivity contribution in [3.8, 4) is 0 Å². The minimum atomic E-state index is -0.141. The second-order valence-electron chi connectivity index (χ2n) is 3.95. The third-order valence-electron chi connectivity index (χ3n) is 2.33. The molecule has 0 unspecified atom stereocenters. The fourth-order valence-electron chi connectivity index (χ4n) is 1.72. The van der Waals surface area contributed by atoms with E-state index in [-0.39, 0.29) is 11.8 Å². The Morgan fingerprint density at radius 3 is 2.76 bits per heavy atom. The van der Waals surface area contributed by atoms with Gasteiger partial charge < -0.3 is 5.32 Å². The number of nitrogens with zero attached hydrogens (tertiary/aromatic N) is 2. The van der Waals surface area contributed by atoms with Crippen molar-refractivity contribution >= 4 is 29.4 Å². The molecule has 5 nitrogen and oxygen atoms in total. The number of nitrogens with one attached hydrogen (secondary N) is 1. The highest BCUT2D eigenvalue weighted by Crippen LogP contribution is 2.24. The van der Waals surface area contributed by atoms with Crippen LogP contribution in [0, 0.1) is 6.92 Å². The van der Waals surface area contributed by atoms with Crippen LogP contribution in [0.3, 0.4) is 0 Å². The number of hydrogen-bond acceptors (Lipinski definition) is 3. The molecule has 0 aliphatic carbocycles. The normalized spacial score (nSPS) is 14.2. The zero-order chi connectivity index (χ0) is 12.4. The smallest absolute Gasteiger partial charge is 0.252 e. The highest BCUT2D eigenvalue weighted by molar-refractivity contribution is 6.05. The van der Waals surface area contributed by atoms with Crippen molar-refractivity contribution in [3.05, 3.63) is 23.8 Å². The van der Waals surface area contributed by atoms with Gasteiger partial charge in [0.1, 0.15) is 0 Å². The summed E-state index contributed by atoms with van der Waals surface area (Å²) in [5.41, 5.74) is 2.30. The minimum absolute atomic E-state index is 0.0654. The molecule has 1 aliphatic rings. The molecule has 5 heteroatoms. The molecule has 2 amide bonds. The topological polar surface area (TPSA) is 61.8 Å². The van der Waals surface area contributed by atoms with E-state index in [1.165, 1.54) is 11.9 Å². The molecule has 0 saturated carbocycles. The lowest BCUT2D eigenvalue weighted by atomic mass is 10.2. The first-order valence-electron chi connectivity index (χ1n) is 5.31. The van der Waals surface area contributed by atoms with E-state index in [9.17, 15) is 9.59 Å². The Morgan fingerprint density at radius 2 is 2.18 bits per heavy atom. The number of amides is 2. The van der Waals surface area contributed by atoms with Crippen LogP contribution in [-0.4, -0.2) is 18.0 Å². The zero-order valence-corrected chi connectivity index (χ0v) is 9.73. The number of aryl methyl sites for hydroxylation is 1. The predicted molar refractivity (Wildman–Crippen MR) is 66.1 cm³/mol. The fraction of sp³-hybridized carbons (Fsp3) is 0.250. The first kappa shape index (κ1) is 11.3. The lowest BCUT2D eigenvalue weighted by Crippen LogP contribution is -2.20. The van der Waals surface area contributed by atoms with Crippen LogP contribution in [0.25, 0.3) is 0 Å². The predicted octanol–water partition coefficient (Wildman–Crippen LogP) is 1.68. The van der Waals surface area contributed by atoms with Gasteiger partial charge in [0.15, 0.2) is 0 Å². The number of benzene rings is 1. The Kier molecular flexibility index (Phi) is 2.91. The van der Waals surface area contributed by atoms with E-state index in [1.54, 1.807) is 12.3 Å². The van der Waals surface area contributed by atoms with Crippen LogP contribution >= 0.6 is 0 Å². The van der Waals surface area contributed by atoms with Crippen LogP contribution in [0.5, 0.6) is 0 Å². The molecule has 17 heavy (non-hydrogen) atoms. The van der Waals surface area contributed by atoms with Gasteiger partial charge in [0.25, 0.3) is 5.91 Å². The van der Waals surface area contributed by atoms with Crippen LogP contribution in [0.1, 0.15) is 18.9 Å². The Balaban J connectivity index is 2.34. The largest absolute Gasteiger partial charge is 0.326 e. The SMILES string of the molecule is CC(=O)Nc1cc(C)cc(N2N=CCC2=O)c1. The van der Waals surface area contributed by atoms with E-state index in [0.717, 1.165) is 5.56 Å². The van der Waals surface area contributed by atoms with Gasteiger partial charge in [0.05, 0.1) is 12.1 Å².